The zero-order chi connectivity index (χ0) is 26.5. The smallest absolute Gasteiger partial charge is 0.243 e. The molecule has 0 bridgehead atoms. The van der Waals surface area contributed by atoms with Crippen LogP contribution >= 0.6 is 0 Å². The van der Waals surface area contributed by atoms with Crippen LogP contribution in [0.2, 0.25) is 0 Å². The highest BCUT2D eigenvalue weighted by Crippen LogP contribution is 2.28. The summed E-state index contributed by atoms with van der Waals surface area (Å²) in [6.45, 7) is 3.72. The molecule has 0 unspecified atom stereocenters. The molecule has 3 aromatic rings. The van der Waals surface area contributed by atoms with Gasteiger partial charge < -0.3 is 19.7 Å². The Morgan fingerprint density at radius 2 is 1.79 bits per heavy atom. The number of piperazine rings is 1. The molecule has 11 heteroatoms. The van der Waals surface area contributed by atoms with Gasteiger partial charge in [-0.15, -0.1) is 0 Å². The third-order valence-corrected chi connectivity index (χ3v) is 8.64. The standard InChI is InChI=1S/C27H30N6O4S/c1-32-12-14-33(15-13-32)38(34,35)24-5-3-22(4-6-24)30-27-29-11-8-25(31-27)20-2-7-26(21(18-20)19-28)37-23-9-16-36-17-10-23/h2-8,11,18,23H,9-10,12-17H2,1H3,(H,29,30,31). The molecule has 0 spiro atoms. The van der Waals surface area contributed by atoms with Gasteiger partial charge in [-0.25, -0.2) is 18.4 Å². The Hall–Kier alpha value is -3.56. The fourth-order valence-electron chi connectivity index (χ4n) is 4.45. The minimum atomic E-state index is -3.53. The van der Waals surface area contributed by atoms with E-state index in [0.717, 1.165) is 18.4 Å². The van der Waals surface area contributed by atoms with Crippen molar-refractivity contribution in [3.63, 3.8) is 0 Å². The number of aromatic nitrogens is 2. The Morgan fingerprint density at radius 1 is 1.05 bits per heavy atom. The van der Waals surface area contributed by atoms with Gasteiger partial charge in [0, 0.05) is 56.5 Å². The first-order chi connectivity index (χ1) is 18.4. The molecule has 38 heavy (non-hydrogen) atoms. The van der Waals surface area contributed by atoms with Crippen LogP contribution in [0.4, 0.5) is 11.6 Å². The zero-order valence-corrected chi connectivity index (χ0v) is 22.0. The minimum Gasteiger partial charge on any atom is -0.489 e. The Morgan fingerprint density at radius 3 is 2.50 bits per heavy atom. The molecule has 1 aromatic heterocycles. The largest absolute Gasteiger partial charge is 0.489 e. The van der Waals surface area contributed by atoms with E-state index >= 15 is 0 Å². The second-order valence-corrected chi connectivity index (χ2v) is 11.3. The molecule has 0 amide bonds. The van der Waals surface area contributed by atoms with E-state index in [1.165, 1.54) is 4.31 Å². The summed E-state index contributed by atoms with van der Waals surface area (Å²) >= 11 is 0. The highest BCUT2D eigenvalue weighted by atomic mass is 32.2. The number of hydrogen-bond acceptors (Lipinski definition) is 9. The molecule has 2 aliphatic rings. The molecule has 2 saturated heterocycles. The molecular formula is C27H30N6O4S. The lowest BCUT2D eigenvalue weighted by Crippen LogP contribution is -2.46. The minimum absolute atomic E-state index is 0.0412. The molecule has 0 radical (unpaired) electrons. The van der Waals surface area contributed by atoms with Gasteiger partial charge in [0.15, 0.2) is 0 Å². The fraction of sp³-hybridized carbons (Fsp3) is 0.370. The van der Waals surface area contributed by atoms with E-state index in [2.05, 4.69) is 26.3 Å². The van der Waals surface area contributed by atoms with E-state index in [-0.39, 0.29) is 11.0 Å². The molecule has 0 aliphatic carbocycles. The number of hydrogen-bond donors (Lipinski definition) is 1. The fourth-order valence-corrected chi connectivity index (χ4v) is 5.87. The summed E-state index contributed by atoms with van der Waals surface area (Å²) in [5.41, 5.74) is 2.52. The van der Waals surface area contributed by atoms with Gasteiger partial charge in [-0.05, 0) is 55.6 Å². The molecule has 1 N–H and O–H groups in total. The molecule has 198 valence electrons. The van der Waals surface area contributed by atoms with E-state index in [1.54, 1.807) is 48.7 Å². The number of rotatable bonds is 7. The average Bonchev–Trinajstić information content (AvgIpc) is 2.94. The van der Waals surface area contributed by atoms with Gasteiger partial charge in [-0.1, -0.05) is 0 Å². The van der Waals surface area contributed by atoms with Crippen LogP contribution in [0.5, 0.6) is 5.75 Å². The maximum atomic E-state index is 13.0. The molecule has 10 nitrogen and oxygen atoms in total. The van der Waals surface area contributed by atoms with Gasteiger partial charge in [0.2, 0.25) is 16.0 Å². The third kappa shape index (κ3) is 5.95. The Kier molecular flexibility index (Phi) is 7.85. The molecular weight excluding hydrogens is 504 g/mol. The average molecular weight is 535 g/mol. The van der Waals surface area contributed by atoms with E-state index < -0.39 is 10.0 Å². The van der Waals surface area contributed by atoms with E-state index in [1.807, 2.05) is 13.1 Å². The molecule has 2 aromatic carbocycles. The number of benzene rings is 2. The highest BCUT2D eigenvalue weighted by molar-refractivity contribution is 7.89. The number of nitrogens with one attached hydrogen (secondary N) is 1. The Labute approximate surface area is 222 Å². The van der Waals surface area contributed by atoms with E-state index in [4.69, 9.17) is 9.47 Å². The Bertz CT molecular complexity index is 1410. The van der Waals surface area contributed by atoms with Crippen molar-refractivity contribution < 1.29 is 17.9 Å². The van der Waals surface area contributed by atoms with Gasteiger partial charge in [-0.3, -0.25) is 0 Å². The van der Waals surface area contributed by atoms with Gasteiger partial charge in [-0.2, -0.15) is 9.57 Å². The molecule has 0 saturated carbocycles. The third-order valence-electron chi connectivity index (χ3n) is 6.72. The van der Waals surface area contributed by atoms with Crippen molar-refractivity contribution >= 4 is 21.7 Å². The molecule has 2 fully saturated rings. The monoisotopic (exact) mass is 534 g/mol. The maximum Gasteiger partial charge on any atom is 0.243 e. The summed E-state index contributed by atoms with van der Waals surface area (Å²) < 4.78 is 38.9. The van der Waals surface area contributed by atoms with Crippen molar-refractivity contribution in [2.75, 3.05) is 51.8 Å². The lowest BCUT2D eigenvalue weighted by molar-refractivity contribution is 0.0254. The SMILES string of the molecule is CN1CCN(S(=O)(=O)c2ccc(Nc3nccc(-c4ccc(OC5CCOCC5)c(C#N)c4)n3)cc2)CC1. The van der Waals surface area contributed by atoms with Gasteiger partial charge in [0.25, 0.3) is 0 Å². The van der Waals surface area contributed by atoms with Crippen molar-refractivity contribution in [3.05, 3.63) is 60.3 Å². The molecule has 2 aliphatic heterocycles. The predicted octanol–water partition coefficient (Wildman–Crippen LogP) is 3.25. The number of sulfonamides is 1. The summed E-state index contributed by atoms with van der Waals surface area (Å²) in [5, 5.41) is 12.8. The summed E-state index contributed by atoms with van der Waals surface area (Å²) in [5.74, 6) is 0.917. The number of likely N-dealkylation sites (N-methyl/N-ethyl adjacent to an activating group) is 1. The topological polar surface area (TPSA) is 121 Å². The zero-order valence-electron chi connectivity index (χ0n) is 21.2. The van der Waals surface area contributed by atoms with Crippen LogP contribution in [0, 0.1) is 11.3 Å². The van der Waals surface area contributed by atoms with Gasteiger partial charge in [0.05, 0.1) is 29.4 Å². The molecule has 3 heterocycles. The maximum absolute atomic E-state index is 13.0. The van der Waals surface area contributed by atoms with Crippen molar-refractivity contribution in [1.82, 2.24) is 19.2 Å². The highest BCUT2D eigenvalue weighted by Gasteiger charge is 2.27. The lowest BCUT2D eigenvalue weighted by atomic mass is 10.1. The number of ether oxygens (including phenoxy) is 2. The van der Waals surface area contributed by atoms with Crippen LogP contribution < -0.4 is 10.1 Å². The summed E-state index contributed by atoms with van der Waals surface area (Å²) in [7, 11) is -1.54. The van der Waals surface area contributed by atoms with Crippen LogP contribution in [0.1, 0.15) is 18.4 Å². The predicted molar refractivity (Wildman–Crippen MR) is 143 cm³/mol. The van der Waals surface area contributed by atoms with Crippen LogP contribution in [0.25, 0.3) is 11.3 Å². The second kappa shape index (κ2) is 11.4. The van der Waals surface area contributed by atoms with Gasteiger partial charge in [0.1, 0.15) is 17.9 Å². The summed E-state index contributed by atoms with van der Waals surface area (Å²) in [6, 6.07) is 16.0. The number of nitrogens with zero attached hydrogens (tertiary/aromatic N) is 5. The van der Waals surface area contributed by atoms with Crippen molar-refractivity contribution in [2.24, 2.45) is 0 Å². The van der Waals surface area contributed by atoms with Crippen molar-refractivity contribution in [3.8, 4) is 23.1 Å². The quantitative estimate of drug-likeness (QED) is 0.487. The normalized spacial score (nSPS) is 17.6. The second-order valence-electron chi connectivity index (χ2n) is 9.37. The van der Waals surface area contributed by atoms with Crippen LogP contribution in [-0.4, -0.2) is 80.1 Å². The van der Waals surface area contributed by atoms with Crippen LogP contribution in [-0.2, 0) is 14.8 Å². The first-order valence-corrected chi connectivity index (χ1v) is 14.0. The summed E-state index contributed by atoms with van der Waals surface area (Å²) in [6.07, 6.45) is 3.28. The molecule has 0 atom stereocenters. The van der Waals surface area contributed by atoms with Crippen molar-refractivity contribution in [1.29, 1.82) is 5.26 Å². The van der Waals surface area contributed by atoms with Crippen LogP contribution in [0.15, 0.2) is 59.6 Å². The lowest BCUT2D eigenvalue weighted by Gasteiger charge is -2.31. The van der Waals surface area contributed by atoms with Crippen molar-refractivity contribution in [2.45, 2.75) is 23.8 Å². The number of anilines is 2. The summed E-state index contributed by atoms with van der Waals surface area (Å²) in [4.78, 5) is 11.3. The first kappa shape index (κ1) is 26.1. The van der Waals surface area contributed by atoms with E-state index in [9.17, 15) is 13.7 Å². The van der Waals surface area contributed by atoms with Crippen LogP contribution in [0.3, 0.4) is 0 Å². The molecule has 5 rings (SSSR count). The number of nitriles is 1. The first-order valence-electron chi connectivity index (χ1n) is 12.6. The Balaban J connectivity index is 1.28. The van der Waals surface area contributed by atoms with Gasteiger partial charge >= 0.3 is 0 Å². The van der Waals surface area contributed by atoms with E-state index in [0.29, 0.717) is 68.0 Å².